The molecule has 622 valence electrons. The van der Waals surface area contributed by atoms with E-state index in [2.05, 4.69) is 159 Å². The van der Waals surface area contributed by atoms with Gasteiger partial charge in [0, 0.05) is 124 Å². The van der Waals surface area contributed by atoms with Crippen LogP contribution < -0.4 is 43.4 Å². The van der Waals surface area contributed by atoms with E-state index in [1.165, 1.54) is 43.3 Å². The van der Waals surface area contributed by atoms with Gasteiger partial charge in [0.1, 0.15) is 64.0 Å². The number of nitrogens with two attached hydrogens (primary N) is 2. The lowest BCUT2D eigenvalue weighted by atomic mass is 10.0. The fraction of sp³-hybridized carbons (Fsp3) is 0.350. The third-order valence-electron chi connectivity index (χ3n) is 15.5. The number of aliphatic hydroxyl groups is 4. The van der Waals surface area contributed by atoms with E-state index in [9.17, 15) is 74.7 Å². The van der Waals surface area contributed by atoms with Crippen molar-refractivity contribution in [3.8, 4) is 0 Å². The highest BCUT2D eigenvalue weighted by molar-refractivity contribution is 9.14. The number of rotatable bonds is 29. The Morgan fingerprint density at radius 1 is 0.386 bits per heavy atom. The van der Waals surface area contributed by atoms with Crippen molar-refractivity contribution >= 4 is 152 Å². The predicted molar refractivity (Wildman–Crippen MR) is 453 cm³/mol. The van der Waals surface area contributed by atoms with Crippen LogP contribution in [0.1, 0.15) is 97.8 Å². The monoisotopic (exact) mass is 2110 g/mol. The summed E-state index contributed by atoms with van der Waals surface area (Å²) in [7, 11) is 0. The number of alkyl carbamates (subject to hydrolysis) is 2. The summed E-state index contributed by atoms with van der Waals surface area (Å²) in [4.78, 5) is 45.7. The molecule has 0 aliphatic rings. The third-order valence-corrected chi connectivity index (χ3v) is 23.0. The van der Waals surface area contributed by atoms with E-state index in [1.807, 2.05) is 60.7 Å². The minimum absolute atomic E-state index is 0.0201. The van der Waals surface area contributed by atoms with Crippen molar-refractivity contribution in [2.75, 3.05) is 26.2 Å². The van der Waals surface area contributed by atoms with Gasteiger partial charge in [-0.2, -0.15) is 0 Å². The molecule has 34 heteroatoms. The van der Waals surface area contributed by atoms with Gasteiger partial charge >= 0.3 is 12.2 Å². The minimum atomic E-state index is -1.07. The van der Waals surface area contributed by atoms with Gasteiger partial charge in [0.15, 0.2) is 0 Å². The Morgan fingerprint density at radius 2 is 0.658 bits per heavy atom. The summed E-state index contributed by atoms with van der Waals surface area (Å²) in [5.41, 5.74) is 15.0. The van der Waals surface area contributed by atoms with E-state index >= 15 is 0 Å². The van der Waals surface area contributed by atoms with Crippen LogP contribution in [-0.4, -0.2) is 131 Å². The first-order valence-corrected chi connectivity index (χ1v) is 41.3. The second-order valence-electron chi connectivity index (χ2n) is 27.8. The molecule has 8 atom stereocenters. The maximum Gasteiger partial charge on any atom is 0.407 e. The van der Waals surface area contributed by atoms with Crippen LogP contribution in [0, 0.1) is 46.5 Å². The Bertz CT molecular complexity index is 4350. The molecule has 0 bridgehead atoms. The summed E-state index contributed by atoms with van der Waals surface area (Å²) in [5, 5.41) is 58.3. The number of hydrogen-bond donors (Lipinski definition) is 12. The number of carbonyl (C=O) groups is 4. The second kappa shape index (κ2) is 50.3. The topological polar surface area (TPSA) is 292 Å². The Balaban J connectivity index is 0.000000309. The largest absolute Gasteiger partial charge is 0.444 e. The Morgan fingerprint density at radius 3 is 0.930 bits per heavy atom. The maximum atomic E-state index is 13.6. The molecule has 0 fully saturated rings. The molecule has 0 spiro atoms. The summed E-state index contributed by atoms with van der Waals surface area (Å²) >= 11 is 27.1. The van der Waals surface area contributed by atoms with Crippen LogP contribution in [0.2, 0.25) is 0 Å². The van der Waals surface area contributed by atoms with Gasteiger partial charge in [-0.1, -0.05) is 24.3 Å². The van der Waals surface area contributed by atoms with Crippen molar-refractivity contribution in [3.05, 3.63) is 272 Å². The summed E-state index contributed by atoms with van der Waals surface area (Å²) in [6, 6.07) is 32.4. The molecule has 8 aromatic carbocycles. The molecule has 0 unspecified atom stereocenters. The third kappa shape index (κ3) is 40.7. The molecule has 0 aliphatic carbocycles. The first kappa shape index (κ1) is 101. The maximum absolute atomic E-state index is 13.6. The zero-order valence-electron chi connectivity index (χ0n) is 62.8. The molecule has 0 heterocycles. The van der Waals surface area contributed by atoms with E-state index in [4.69, 9.17) is 20.9 Å². The summed E-state index contributed by atoms with van der Waals surface area (Å²) in [5.74, 6) is -5.91. The molecule has 8 rings (SSSR count). The lowest BCUT2D eigenvalue weighted by molar-refractivity contribution is -0.120. The van der Waals surface area contributed by atoms with Crippen LogP contribution in [0.4, 0.5) is 44.7 Å². The van der Waals surface area contributed by atoms with Gasteiger partial charge in [-0.25, -0.2) is 44.7 Å². The zero-order chi connectivity index (χ0) is 85.3. The van der Waals surface area contributed by atoms with Crippen molar-refractivity contribution in [1.29, 1.82) is 0 Å². The van der Waals surface area contributed by atoms with Crippen molar-refractivity contribution in [3.63, 3.8) is 0 Å². The highest BCUT2D eigenvalue weighted by Gasteiger charge is 2.28. The van der Waals surface area contributed by atoms with Gasteiger partial charge in [-0.3, -0.25) is 9.59 Å². The Hall–Kier alpha value is -5.64. The van der Waals surface area contributed by atoms with Crippen LogP contribution in [-0.2, 0) is 59.6 Å². The van der Waals surface area contributed by atoms with E-state index in [0.717, 1.165) is 95.2 Å². The summed E-state index contributed by atoms with van der Waals surface area (Å²) in [6.45, 7) is 13.7. The van der Waals surface area contributed by atoms with E-state index in [0.29, 0.717) is 47.5 Å². The van der Waals surface area contributed by atoms with Crippen LogP contribution in [0.5, 0.6) is 0 Å². The first-order chi connectivity index (χ1) is 53.3. The molecule has 0 aliphatic heterocycles. The number of aldehydes is 1. The van der Waals surface area contributed by atoms with Gasteiger partial charge in [0.05, 0.1) is 42.5 Å². The minimum Gasteiger partial charge on any atom is -0.444 e. The van der Waals surface area contributed by atoms with Crippen molar-refractivity contribution < 1.29 is 84.2 Å². The molecule has 0 saturated heterocycles. The van der Waals surface area contributed by atoms with Crippen LogP contribution in [0.15, 0.2) is 181 Å². The van der Waals surface area contributed by atoms with E-state index in [-0.39, 0.29) is 57.8 Å². The fourth-order valence-corrected chi connectivity index (χ4v) is 13.0. The van der Waals surface area contributed by atoms with Crippen LogP contribution >= 0.6 is 127 Å². The smallest absolute Gasteiger partial charge is 0.407 e. The average molecular weight is 2110 g/mol. The van der Waals surface area contributed by atoms with Gasteiger partial charge in [0.25, 0.3) is 0 Å². The number of benzene rings is 8. The van der Waals surface area contributed by atoms with Crippen LogP contribution in [0.3, 0.4) is 0 Å². The van der Waals surface area contributed by atoms with Gasteiger partial charge < -0.3 is 73.3 Å². The lowest BCUT2D eigenvalue weighted by Crippen LogP contribution is -2.49. The Labute approximate surface area is 725 Å². The molecule has 3 amide bonds. The number of ether oxygens (including phenoxy) is 2. The number of nitrogens with one attached hydrogen (secondary N) is 6. The Kier molecular flexibility index (Phi) is 44.5. The van der Waals surface area contributed by atoms with E-state index in [1.54, 1.807) is 53.7 Å². The normalized spacial score (nSPS) is 13.3. The predicted octanol–water partition coefficient (Wildman–Crippen LogP) is 17.0. The standard InChI is InChI=1S/C22H26Br2F2N2O3.C19H20Br2F2N2O2.C17H18Br2F2N2O.C15H22F2N2O3.C7H4Br2O/c1-22(2,3)31-21(30)28-19(9-14-6-15(25)10-16(26)7-14)20(29)12-27-11-13-4-5-17(23)18(24)8-13;1-11(26)25-18(7-13-4-14(22)8-15(23)5-13)19(27)10-24-9-12-2-3-16(20)17(21)6-12;18-14-2-1-10(5-15(14)19)8-23-9-17(24)16(22)6-11-3-12(20)7-13(21)4-11;1-15(2,3)22-14(21)19-12(13(20)8-18)6-9-4-10(16)7-11(17)5-9;8-6-2-1-5(4-10)3-7(6)9/h4-8,10,19-20,27,29H,9,11-12H2,1-3H3,(H,28,30);2-6,8,18-19,24,27H,7,9-10H2,1H3,(H,25,26);1-5,7,16-17,23-24H,6,8-9,22H2;4-5,7,12-13,20H,6,8,18H2,1-3H3,(H,19,21);1-4H/t19-,20+;18-,19+;16-,17+;12-,13+;/m0000./s1. The van der Waals surface area contributed by atoms with Crippen LogP contribution in [0.25, 0.3) is 0 Å². The highest BCUT2D eigenvalue weighted by atomic mass is 79.9. The number of hydrogen-bond acceptors (Lipinski definition) is 15. The molecule has 0 aromatic heterocycles. The van der Waals surface area contributed by atoms with Gasteiger partial charge in [0.2, 0.25) is 5.91 Å². The molecule has 0 radical (unpaired) electrons. The average Bonchev–Trinajstić information content (AvgIpc) is 0.821. The number of carbonyl (C=O) groups excluding carboxylic acids is 4. The van der Waals surface area contributed by atoms with Crippen molar-refractivity contribution in [2.24, 2.45) is 11.5 Å². The molecule has 8 aromatic rings. The molecule has 114 heavy (non-hydrogen) atoms. The summed E-state index contributed by atoms with van der Waals surface area (Å²) in [6.07, 6.45) is -4.13. The first-order valence-electron chi connectivity index (χ1n) is 34.9. The zero-order valence-corrected chi connectivity index (χ0v) is 75.5. The quantitative estimate of drug-likeness (QED) is 0.0153. The lowest BCUT2D eigenvalue weighted by Gasteiger charge is -2.27. The van der Waals surface area contributed by atoms with Gasteiger partial charge in [-0.05, 0) is 331 Å². The second-order valence-corrected chi connectivity index (χ2v) is 34.7. The van der Waals surface area contributed by atoms with Gasteiger partial charge in [-0.15, -0.1) is 0 Å². The molecule has 18 nitrogen and oxygen atoms in total. The van der Waals surface area contributed by atoms with Crippen molar-refractivity contribution in [2.45, 2.75) is 154 Å². The molecule has 0 saturated carbocycles. The molecular weight excluding hydrogens is 2020 g/mol. The number of aliphatic hydroxyl groups excluding tert-OH is 4. The summed E-state index contributed by atoms with van der Waals surface area (Å²) < 4.78 is 125. The van der Waals surface area contributed by atoms with E-state index < -0.39 is 119 Å². The molecular formula is C80H90Br8F8N8O10. The fourth-order valence-electron chi connectivity index (χ4n) is 10.3. The highest BCUT2D eigenvalue weighted by Crippen LogP contribution is 2.28. The van der Waals surface area contributed by atoms with Crippen molar-refractivity contribution in [1.82, 2.24) is 31.9 Å². The molecule has 14 N–H and O–H groups in total. The number of halogens is 16. The number of amides is 3. The SMILES string of the molecule is CC(=O)N[C@@H](Cc1cc(F)cc(F)c1)[C@H](O)CNCc1ccc(Br)c(Br)c1.CC(C)(C)OC(=O)N[C@@H](Cc1cc(F)cc(F)c1)[C@H](O)CN.CC(C)(C)OC(=O)N[C@@H](Cc1cc(F)cc(F)c1)[C@H](O)CNCc1ccc(Br)c(Br)c1.N[C@@H](Cc1cc(F)cc(F)c1)[C@H](O)CNCc1ccc(Br)c(Br)c1.O=Cc1ccc(Br)c(Br)c1.